The highest BCUT2D eigenvalue weighted by atomic mass is 16.3. The third-order valence-corrected chi connectivity index (χ3v) is 2.30. The van der Waals surface area contributed by atoms with Crippen molar-refractivity contribution < 1.29 is 5.11 Å². The van der Waals surface area contributed by atoms with Gasteiger partial charge in [-0.2, -0.15) is 0 Å². The van der Waals surface area contributed by atoms with Crippen LogP contribution in [0.5, 0.6) is 0 Å². The maximum Gasteiger partial charge on any atom is 0.0926 e. The number of aliphatic hydroxyl groups is 1. The molecular weight excluding hydrogens is 196 g/mol. The van der Waals surface area contributed by atoms with E-state index in [2.05, 4.69) is 32.9 Å². The summed E-state index contributed by atoms with van der Waals surface area (Å²) < 4.78 is 0. The lowest BCUT2D eigenvalue weighted by molar-refractivity contribution is 0.386. The molecule has 1 rings (SSSR count). The van der Waals surface area contributed by atoms with Crippen LogP contribution in [0.2, 0.25) is 0 Å². The second kappa shape index (κ2) is 7.98. The molecule has 0 aromatic carbocycles. The molecule has 1 aliphatic rings. The van der Waals surface area contributed by atoms with Crippen molar-refractivity contribution in [1.82, 2.24) is 0 Å². The van der Waals surface area contributed by atoms with Crippen LogP contribution in [0.15, 0.2) is 46.8 Å². The van der Waals surface area contributed by atoms with Crippen LogP contribution in [0.3, 0.4) is 0 Å². The van der Waals surface area contributed by atoms with Gasteiger partial charge >= 0.3 is 0 Å². The Bertz CT molecular complexity index is 323. The van der Waals surface area contributed by atoms with E-state index in [0.717, 1.165) is 12.8 Å². The standard InChI is InChI=1S/C13H18O.C2H6/c1-10(2)4-5-11(3)12-6-8-13(14)9-7-12;1-2/h4-6,8,14H,7,9H2,1-3H3;1-2H3/b11-5+;. The fourth-order valence-electron chi connectivity index (χ4n) is 1.35. The molecule has 0 aromatic rings. The molecule has 0 unspecified atom stereocenters. The van der Waals surface area contributed by atoms with Crippen LogP contribution < -0.4 is 0 Å². The molecule has 0 fully saturated rings. The minimum absolute atomic E-state index is 0.490. The molecule has 0 radical (unpaired) electrons. The number of rotatable bonds is 2. The summed E-state index contributed by atoms with van der Waals surface area (Å²) in [7, 11) is 0. The third-order valence-electron chi connectivity index (χ3n) is 2.30. The van der Waals surface area contributed by atoms with Crippen LogP contribution in [0.1, 0.15) is 47.5 Å². The van der Waals surface area contributed by atoms with E-state index in [9.17, 15) is 5.11 Å². The Balaban J connectivity index is 0.00000106. The van der Waals surface area contributed by atoms with Crippen LogP contribution in [0.25, 0.3) is 0 Å². The van der Waals surface area contributed by atoms with Crippen molar-refractivity contribution in [3.63, 3.8) is 0 Å². The smallest absolute Gasteiger partial charge is 0.0926 e. The largest absolute Gasteiger partial charge is 0.512 e. The molecule has 0 aliphatic heterocycles. The molecule has 0 bridgehead atoms. The SMILES string of the molecule is CC.CC(C)=C/C=C(\C)C1=CC=C(O)CC1. The predicted octanol–water partition coefficient (Wildman–Crippen LogP) is 5.09. The summed E-state index contributed by atoms with van der Waals surface area (Å²) in [5, 5.41) is 9.21. The Morgan fingerprint density at radius 2 is 1.69 bits per heavy atom. The molecule has 0 atom stereocenters. The highest BCUT2D eigenvalue weighted by molar-refractivity contribution is 5.37. The summed E-state index contributed by atoms with van der Waals surface area (Å²) >= 11 is 0. The maximum absolute atomic E-state index is 9.21. The van der Waals surface area contributed by atoms with Gasteiger partial charge in [-0.05, 0) is 44.4 Å². The fraction of sp³-hybridized carbons (Fsp3) is 0.467. The highest BCUT2D eigenvalue weighted by Crippen LogP contribution is 2.22. The van der Waals surface area contributed by atoms with Crippen molar-refractivity contribution in [1.29, 1.82) is 0 Å². The Hall–Kier alpha value is -1.24. The number of aliphatic hydroxyl groups excluding tert-OH is 1. The first-order valence-corrected chi connectivity index (χ1v) is 6.00. The first-order chi connectivity index (χ1) is 7.59. The van der Waals surface area contributed by atoms with E-state index in [0.29, 0.717) is 5.76 Å². The van der Waals surface area contributed by atoms with E-state index in [1.165, 1.54) is 16.7 Å². The topological polar surface area (TPSA) is 20.2 Å². The van der Waals surface area contributed by atoms with E-state index >= 15 is 0 Å². The zero-order valence-corrected chi connectivity index (χ0v) is 11.2. The molecule has 0 saturated heterocycles. The first-order valence-electron chi connectivity index (χ1n) is 6.00. The molecule has 1 aliphatic carbocycles. The van der Waals surface area contributed by atoms with Gasteiger partial charge in [0.1, 0.15) is 0 Å². The van der Waals surface area contributed by atoms with Crippen LogP contribution in [0, 0.1) is 0 Å². The summed E-state index contributed by atoms with van der Waals surface area (Å²) in [6, 6.07) is 0. The molecule has 16 heavy (non-hydrogen) atoms. The van der Waals surface area contributed by atoms with Gasteiger partial charge < -0.3 is 5.11 Å². The van der Waals surface area contributed by atoms with Crippen molar-refractivity contribution in [3.8, 4) is 0 Å². The van der Waals surface area contributed by atoms with Crippen LogP contribution in [-0.2, 0) is 0 Å². The van der Waals surface area contributed by atoms with Gasteiger partial charge in [0.15, 0.2) is 0 Å². The molecule has 90 valence electrons. The van der Waals surface area contributed by atoms with Crippen LogP contribution in [-0.4, -0.2) is 5.11 Å². The van der Waals surface area contributed by atoms with Gasteiger partial charge in [0.05, 0.1) is 5.76 Å². The van der Waals surface area contributed by atoms with Gasteiger partial charge in [0, 0.05) is 6.42 Å². The average Bonchev–Trinajstić information content (AvgIpc) is 2.29. The van der Waals surface area contributed by atoms with E-state index in [1.807, 2.05) is 19.9 Å². The number of hydrogen-bond acceptors (Lipinski definition) is 1. The number of allylic oxidation sites excluding steroid dienone is 8. The Morgan fingerprint density at radius 3 is 2.12 bits per heavy atom. The molecule has 0 aromatic heterocycles. The molecule has 1 nitrogen and oxygen atoms in total. The van der Waals surface area contributed by atoms with Crippen LogP contribution in [0.4, 0.5) is 0 Å². The monoisotopic (exact) mass is 220 g/mol. The quantitative estimate of drug-likeness (QED) is 0.643. The first kappa shape index (κ1) is 14.8. The highest BCUT2D eigenvalue weighted by Gasteiger charge is 2.05. The van der Waals surface area contributed by atoms with Gasteiger partial charge in [0.25, 0.3) is 0 Å². The second-order valence-electron chi connectivity index (χ2n) is 3.94. The van der Waals surface area contributed by atoms with Crippen molar-refractivity contribution in [2.24, 2.45) is 0 Å². The summed E-state index contributed by atoms with van der Waals surface area (Å²) in [5.74, 6) is 0.490. The van der Waals surface area contributed by atoms with Crippen LogP contribution >= 0.6 is 0 Å². The molecule has 0 heterocycles. The van der Waals surface area contributed by atoms with Gasteiger partial charge in [-0.3, -0.25) is 0 Å². The molecule has 1 heteroatoms. The van der Waals surface area contributed by atoms with Gasteiger partial charge in [0.2, 0.25) is 0 Å². The summed E-state index contributed by atoms with van der Waals surface area (Å²) in [4.78, 5) is 0. The second-order valence-corrected chi connectivity index (χ2v) is 3.94. The molecule has 0 saturated carbocycles. The Morgan fingerprint density at radius 1 is 1.06 bits per heavy atom. The van der Waals surface area contributed by atoms with Crippen molar-refractivity contribution in [2.75, 3.05) is 0 Å². The van der Waals surface area contributed by atoms with Crippen molar-refractivity contribution in [2.45, 2.75) is 47.5 Å². The van der Waals surface area contributed by atoms with Gasteiger partial charge in [-0.15, -0.1) is 0 Å². The van der Waals surface area contributed by atoms with Crippen molar-refractivity contribution in [3.05, 3.63) is 46.8 Å². The lowest BCUT2D eigenvalue weighted by Gasteiger charge is -2.11. The molecule has 0 spiro atoms. The van der Waals surface area contributed by atoms with E-state index in [4.69, 9.17) is 0 Å². The maximum atomic E-state index is 9.21. The molecule has 0 amide bonds. The summed E-state index contributed by atoms with van der Waals surface area (Å²) in [6.45, 7) is 10.3. The molecule has 1 N–H and O–H groups in total. The van der Waals surface area contributed by atoms with Gasteiger partial charge in [-0.25, -0.2) is 0 Å². The fourth-order valence-corrected chi connectivity index (χ4v) is 1.35. The van der Waals surface area contributed by atoms with E-state index in [1.54, 1.807) is 6.08 Å². The lowest BCUT2D eigenvalue weighted by Crippen LogP contribution is -1.93. The van der Waals surface area contributed by atoms with E-state index < -0.39 is 0 Å². The Labute approximate surface area is 99.9 Å². The Kier molecular flexibility index (Phi) is 7.36. The minimum Gasteiger partial charge on any atom is -0.512 e. The summed E-state index contributed by atoms with van der Waals surface area (Å²) in [5.41, 5.74) is 3.91. The zero-order valence-electron chi connectivity index (χ0n) is 11.2. The van der Waals surface area contributed by atoms with Crippen molar-refractivity contribution >= 4 is 0 Å². The minimum atomic E-state index is 0.490. The third kappa shape index (κ3) is 5.59. The van der Waals surface area contributed by atoms with E-state index in [-0.39, 0.29) is 0 Å². The molecular formula is C15H24O. The average molecular weight is 220 g/mol. The zero-order chi connectivity index (χ0) is 12.6. The summed E-state index contributed by atoms with van der Waals surface area (Å²) in [6.07, 6.45) is 9.76. The predicted molar refractivity (Wildman–Crippen MR) is 72.6 cm³/mol. The lowest BCUT2D eigenvalue weighted by atomic mass is 9.97. The number of hydrogen-bond donors (Lipinski definition) is 1. The van der Waals surface area contributed by atoms with Gasteiger partial charge in [-0.1, -0.05) is 37.6 Å². The normalized spacial score (nSPS) is 15.4.